The van der Waals surface area contributed by atoms with E-state index in [1.54, 1.807) is 18.2 Å². The molecule has 26 heavy (non-hydrogen) atoms. The number of hydrogen-bond acceptors (Lipinski definition) is 2. The molecule has 4 nitrogen and oxygen atoms in total. The van der Waals surface area contributed by atoms with Crippen LogP contribution in [0.4, 0.5) is 11.4 Å². The van der Waals surface area contributed by atoms with Gasteiger partial charge in [-0.05, 0) is 62.1 Å². The molecule has 0 fully saturated rings. The first kappa shape index (κ1) is 20.0. The van der Waals surface area contributed by atoms with Gasteiger partial charge in [-0.2, -0.15) is 0 Å². The summed E-state index contributed by atoms with van der Waals surface area (Å²) < 4.78 is 0. The molecule has 0 radical (unpaired) electrons. The molecular weight excluding hydrogens is 348 g/mol. The Labute approximate surface area is 159 Å². The SMILES string of the molecule is CCC(CC)C(=O)Nc1cc(C(=O)Nc2cccc(C)c2C)ccc1Cl. The number of benzene rings is 2. The second-order valence-electron chi connectivity index (χ2n) is 6.40. The molecule has 0 spiro atoms. The van der Waals surface area contributed by atoms with Gasteiger partial charge in [-0.1, -0.05) is 37.6 Å². The zero-order valence-electron chi connectivity index (χ0n) is 15.7. The third-order valence-electron chi connectivity index (χ3n) is 4.70. The van der Waals surface area contributed by atoms with Gasteiger partial charge < -0.3 is 10.6 Å². The van der Waals surface area contributed by atoms with E-state index < -0.39 is 0 Å². The summed E-state index contributed by atoms with van der Waals surface area (Å²) in [6, 6.07) is 10.7. The fraction of sp³-hybridized carbons (Fsp3) is 0.333. The topological polar surface area (TPSA) is 58.2 Å². The van der Waals surface area contributed by atoms with E-state index in [2.05, 4.69) is 10.6 Å². The van der Waals surface area contributed by atoms with Gasteiger partial charge in [0.25, 0.3) is 5.91 Å². The number of hydrogen-bond donors (Lipinski definition) is 2. The summed E-state index contributed by atoms with van der Waals surface area (Å²) in [5.74, 6) is -0.393. The molecule has 5 heteroatoms. The average Bonchev–Trinajstić information content (AvgIpc) is 2.61. The van der Waals surface area contributed by atoms with Crippen LogP contribution in [0.1, 0.15) is 48.2 Å². The first-order chi connectivity index (χ1) is 12.4. The maximum atomic E-state index is 12.6. The first-order valence-electron chi connectivity index (χ1n) is 8.85. The number of halogens is 1. The van der Waals surface area contributed by atoms with Crippen molar-refractivity contribution in [2.24, 2.45) is 5.92 Å². The fourth-order valence-electron chi connectivity index (χ4n) is 2.74. The van der Waals surface area contributed by atoms with Crippen LogP contribution >= 0.6 is 11.6 Å². The van der Waals surface area contributed by atoms with Gasteiger partial charge >= 0.3 is 0 Å². The molecule has 0 atom stereocenters. The minimum Gasteiger partial charge on any atom is -0.325 e. The third kappa shape index (κ3) is 4.64. The maximum absolute atomic E-state index is 12.6. The van der Waals surface area contributed by atoms with Crippen molar-refractivity contribution in [1.82, 2.24) is 0 Å². The number of anilines is 2. The van der Waals surface area contributed by atoms with Crippen molar-refractivity contribution in [2.75, 3.05) is 10.6 Å². The lowest BCUT2D eigenvalue weighted by Crippen LogP contribution is -2.22. The number of rotatable bonds is 6. The summed E-state index contributed by atoms with van der Waals surface area (Å²) in [5.41, 5.74) is 3.80. The van der Waals surface area contributed by atoms with Gasteiger partial charge in [-0.15, -0.1) is 0 Å². The number of amides is 2. The van der Waals surface area contributed by atoms with Crippen LogP contribution in [-0.2, 0) is 4.79 Å². The molecule has 0 saturated carbocycles. The van der Waals surface area contributed by atoms with Crippen molar-refractivity contribution >= 4 is 34.8 Å². The van der Waals surface area contributed by atoms with Gasteiger partial charge in [-0.25, -0.2) is 0 Å². The van der Waals surface area contributed by atoms with Crippen LogP contribution in [0.5, 0.6) is 0 Å². The van der Waals surface area contributed by atoms with E-state index in [1.165, 1.54) is 0 Å². The Kier molecular flexibility index (Phi) is 6.81. The predicted octanol–water partition coefficient (Wildman–Crippen LogP) is 5.58. The molecule has 2 amide bonds. The molecule has 0 aliphatic rings. The molecule has 0 bridgehead atoms. The van der Waals surface area contributed by atoms with Gasteiger partial charge in [0.1, 0.15) is 0 Å². The normalized spacial score (nSPS) is 10.7. The lowest BCUT2D eigenvalue weighted by molar-refractivity contribution is -0.120. The summed E-state index contributed by atoms with van der Waals surface area (Å²) in [6.07, 6.45) is 1.51. The number of nitrogens with one attached hydrogen (secondary N) is 2. The molecule has 0 unspecified atom stereocenters. The van der Waals surface area contributed by atoms with Gasteiger partial charge in [0, 0.05) is 17.2 Å². The highest BCUT2D eigenvalue weighted by atomic mass is 35.5. The van der Waals surface area contributed by atoms with Crippen molar-refractivity contribution < 1.29 is 9.59 Å². The Hall–Kier alpha value is -2.33. The lowest BCUT2D eigenvalue weighted by atomic mass is 10.0. The Morgan fingerprint density at radius 3 is 2.35 bits per heavy atom. The number of aryl methyl sites for hydroxylation is 1. The fourth-order valence-corrected chi connectivity index (χ4v) is 2.90. The zero-order chi connectivity index (χ0) is 19.3. The van der Waals surface area contributed by atoms with Gasteiger partial charge in [0.05, 0.1) is 10.7 Å². The Morgan fingerprint density at radius 1 is 1.00 bits per heavy atom. The third-order valence-corrected chi connectivity index (χ3v) is 5.03. The summed E-state index contributed by atoms with van der Waals surface area (Å²) in [7, 11) is 0. The van der Waals surface area contributed by atoms with E-state index in [0.717, 1.165) is 29.7 Å². The monoisotopic (exact) mass is 372 g/mol. The van der Waals surface area contributed by atoms with E-state index in [1.807, 2.05) is 45.9 Å². The molecule has 138 valence electrons. The number of carbonyl (C=O) groups excluding carboxylic acids is 2. The van der Waals surface area contributed by atoms with Crippen LogP contribution in [0.3, 0.4) is 0 Å². The second-order valence-corrected chi connectivity index (χ2v) is 6.81. The smallest absolute Gasteiger partial charge is 0.255 e. The molecule has 0 heterocycles. The average molecular weight is 373 g/mol. The summed E-state index contributed by atoms with van der Waals surface area (Å²) in [5, 5.41) is 6.17. The van der Waals surface area contributed by atoms with E-state index in [0.29, 0.717) is 16.3 Å². The highest BCUT2D eigenvalue weighted by Crippen LogP contribution is 2.26. The Morgan fingerprint density at radius 2 is 1.69 bits per heavy atom. The van der Waals surface area contributed by atoms with Crippen LogP contribution in [0.15, 0.2) is 36.4 Å². The number of carbonyl (C=O) groups is 2. The maximum Gasteiger partial charge on any atom is 0.255 e. The molecule has 0 aliphatic carbocycles. The standard InChI is InChI=1S/C21H25ClN2O2/c1-5-15(6-2)20(25)24-19-12-16(10-11-17(19)22)21(26)23-18-9-7-8-13(3)14(18)4/h7-12,15H,5-6H2,1-4H3,(H,23,26)(H,24,25). The zero-order valence-corrected chi connectivity index (χ0v) is 16.4. The van der Waals surface area contributed by atoms with Crippen LogP contribution in [0.2, 0.25) is 5.02 Å². The second kappa shape index (κ2) is 8.86. The molecule has 2 N–H and O–H groups in total. The summed E-state index contributed by atoms with van der Waals surface area (Å²) in [6.45, 7) is 7.92. The molecular formula is C21H25ClN2O2. The molecule has 2 aromatic rings. The van der Waals surface area contributed by atoms with E-state index in [4.69, 9.17) is 11.6 Å². The lowest BCUT2D eigenvalue weighted by Gasteiger charge is -2.15. The predicted molar refractivity (Wildman–Crippen MR) is 108 cm³/mol. The van der Waals surface area contributed by atoms with Crippen LogP contribution in [-0.4, -0.2) is 11.8 Å². The van der Waals surface area contributed by atoms with Crippen molar-refractivity contribution in [3.63, 3.8) is 0 Å². The minimum absolute atomic E-state index is 0.0708. The van der Waals surface area contributed by atoms with Gasteiger partial charge in [0.15, 0.2) is 0 Å². The van der Waals surface area contributed by atoms with Gasteiger partial charge in [-0.3, -0.25) is 9.59 Å². The van der Waals surface area contributed by atoms with Crippen LogP contribution in [0.25, 0.3) is 0 Å². The van der Waals surface area contributed by atoms with Crippen molar-refractivity contribution in [3.05, 3.63) is 58.1 Å². The van der Waals surface area contributed by atoms with Crippen molar-refractivity contribution in [1.29, 1.82) is 0 Å². The quantitative estimate of drug-likeness (QED) is 0.694. The van der Waals surface area contributed by atoms with Crippen LogP contribution < -0.4 is 10.6 Å². The summed E-state index contributed by atoms with van der Waals surface area (Å²) >= 11 is 6.20. The minimum atomic E-state index is -0.242. The Bertz CT molecular complexity index is 814. The first-order valence-corrected chi connectivity index (χ1v) is 9.23. The largest absolute Gasteiger partial charge is 0.325 e. The molecule has 2 rings (SSSR count). The molecule has 0 aromatic heterocycles. The molecule has 0 saturated heterocycles. The van der Waals surface area contributed by atoms with E-state index in [9.17, 15) is 9.59 Å². The van der Waals surface area contributed by atoms with Gasteiger partial charge in [0.2, 0.25) is 5.91 Å². The molecule has 0 aliphatic heterocycles. The summed E-state index contributed by atoms with van der Waals surface area (Å²) in [4.78, 5) is 24.9. The van der Waals surface area contributed by atoms with Crippen molar-refractivity contribution in [2.45, 2.75) is 40.5 Å². The van der Waals surface area contributed by atoms with Crippen molar-refractivity contribution in [3.8, 4) is 0 Å². The van der Waals surface area contributed by atoms with Crippen LogP contribution in [0, 0.1) is 19.8 Å². The Balaban J connectivity index is 2.21. The van der Waals surface area contributed by atoms with E-state index in [-0.39, 0.29) is 17.7 Å². The highest BCUT2D eigenvalue weighted by Gasteiger charge is 2.17. The molecule has 2 aromatic carbocycles. The highest BCUT2D eigenvalue weighted by molar-refractivity contribution is 6.34. The van der Waals surface area contributed by atoms with E-state index >= 15 is 0 Å².